The minimum atomic E-state index is 0.195. The minimum Gasteiger partial charge on any atom is -0.351 e. The van der Waals surface area contributed by atoms with Crippen LogP contribution in [0.3, 0.4) is 0 Å². The van der Waals surface area contributed by atoms with Gasteiger partial charge in [-0.05, 0) is 68.0 Å². The summed E-state index contributed by atoms with van der Waals surface area (Å²) < 4.78 is 0. The number of nitrogens with zero attached hydrogens (tertiary/aromatic N) is 4. The predicted molar refractivity (Wildman–Crippen MR) is 143 cm³/mol. The van der Waals surface area contributed by atoms with E-state index in [1.807, 2.05) is 36.7 Å². The molecule has 6 nitrogen and oxygen atoms in total. The van der Waals surface area contributed by atoms with E-state index in [1.54, 1.807) is 0 Å². The van der Waals surface area contributed by atoms with Crippen LogP contribution in [0, 0.1) is 0 Å². The van der Waals surface area contributed by atoms with Gasteiger partial charge in [0.2, 0.25) is 5.95 Å². The number of aryl methyl sites for hydroxylation is 1. The number of pyridine rings is 1. The van der Waals surface area contributed by atoms with Crippen LogP contribution in [0.2, 0.25) is 0 Å². The van der Waals surface area contributed by atoms with Gasteiger partial charge in [0.05, 0.1) is 5.69 Å². The molecule has 6 heteroatoms. The van der Waals surface area contributed by atoms with Crippen molar-refractivity contribution in [2.75, 3.05) is 23.3 Å². The maximum absolute atomic E-state index is 5.72. The van der Waals surface area contributed by atoms with Crippen molar-refractivity contribution in [3.8, 4) is 11.3 Å². The van der Waals surface area contributed by atoms with E-state index in [4.69, 9.17) is 15.7 Å². The lowest BCUT2D eigenvalue weighted by molar-refractivity contribution is 0.749. The minimum absolute atomic E-state index is 0.195. The van der Waals surface area contributed by atoms with E-state index in [-0.39, 0.29) is 6.04 Å². The second kappa shape index (κ2) is 10.7. The highest BCUT2D eigenvalue weighted by Crippen LogP contribution is 2.34. The SMILES string of the molecule is CC(Cc1cccc(CCN)c1)Nc1nccc(N2CCCc3cnc(-c4ccccc4)cc32)n1. The molecule has 1 aliphatic heterocycles. The van der Waals surface area contributed by atoms with E-state index >= 15 is 0 Å². The lowest BCUT2D eigenvalue weighted by Crippen LogP contribution is -2.26. The molecule has 0 bridgehead atoms. The van der Waals surface area contributed by atoms with Gasteiger partial charge in [-0.25, -0.2) is 4.98 Å². The lowest BCUT2D eigenvalue weighted by atomic mass is 10.0. The third-order valence-corrected chi connectivity index (χ3v) is 6.41. The summed E-state index contributed by atoms with van der Waals surface area (Å²) >= 11 is 0. The zero-order chi connectivity index (χ0) is 24.0. The third-order valence-electron chi connectivity index (χ3n) is 6.41. The molecule has 178 valence electrons. The molecule has 0 aliphatic carbocycles. The molecule has 0 spiro atoms. The van der Waals surface area contributed by atoms with Gasteiger partial charge in [0.15, 0.2) is 0 Å². The smallest absolute Gasteiger partial charge is 0.224 e. The highest BCUT2D eigenvalue weighted by atomic mass is 15.2. The fourth-order valence-corrected chi connectivity index (χ4v) is 4.74. The molecule has 0 fully saturated rings. The molecule has 1 atom stereocenters. The Balaban J connectivity index is 1.34. The first-order valence-corrected chi connectivity index (χ1v) is 12.4. The molecule has 3 heterocycles. The number of benzene rings is 2. The Kier molecular flexibility index (Phi) is 7.00. The van der Waals surface area contributed by atoms with E-state index < -0.39 is 0 Å². The topological polar surface area (TPSA) is 80.0 Å². The number of rotatable bonds is 8. The number of aromatic nitrogens is 3. The molecule has 4 aromatic rings. The Bertz CT molecular complexity index is 1270. The van der Waals surface area contributed by atoms with Crippen molar-refractivity contribution in [3.05, 3.63) is 95.8 Å². The van der Waals surface area contributed by atoms with Crippen LogP contribution in [0.4, 0.5) is 17.5 Å². The fourth-order valence-electron chi connectivity index (χ4n) is 4.74. The fraction of sp³-hybridized carbons (Fsp3) is 0.276. The Morgan fingerprint density at radius 3 is 2.71 bits per heavy atom. The second-order valence-electron chi connectivity index (χ2n) is 9.17. The number of fused-ring (bicyclic) bond motifs is 1. The summed E-state index contributed by atoms with van der Waals surface area (Å²) in [7, 11) is 0. The van der Waals surface area contributed by atoms with Crippen molar-refractivity contribution in [1.29, 1.82) is 0 Å². The summed E-state index contributed by atoms with van der Waals surface area (Å²) in [5.41, 5.74) is 12.8. The maximum Gasteiger partial charge on any atom is 0.224 e. The van der Waals surface area contributed by atoms with Gasteiger partial charge in [0, 0.05) is 36.2 Å². The van der Waals surface area contributed by atoms with Crippen molar-refractivity contribution >= 4 is 17.5 Å². The molecule has 2 aromatic heterocycles. The van der Waals surface area contributed by atoms with Gasteiger partial charge >= 0.3 is 0 Å². The number of hydrogen-bond donors (Lipinski definition) is 2. The summed E-state index contributed by atoms with van der Waals surface area (Å²) in [4.78, 5) is 16.4. The van der Waals surface area contributed by atoms with Gasteiger partial charge < -0.3 is 16.0 Å². The Morgan fingerprint density at radius 1 is 1.00 bits per heavy atom. The van der Waals surface area contributed by atoms with Crippen molar-refractivity contribution in [3.63, 3.8) is 0 Å². The molecule has 1 unspecified atom stereocenters. The van der Waals surface area contributed by atoms with Gasteiger partial charge in [0.1, 0.15) is 5.82 Å². The van der Waals surface area contributed by atoms with E-state index in [0.29, 0.717) is 12.5 Å². The van der Waals surface area contributed by atoms with Crippen LogP contribution in [-0.2, 0) is 19.3 Å². The van der Waals surface area contributed by atoms with Gasteiger partial charge in [-0.3, -0.25) is 4.98 Å². The standard InChI is InChI=1S/C29H32N6/c1-21(17-23-8-5-7-22(18-23)12-14-30)33-29-31-15-13-28(34-29)35-16-6-11-25-20-32-26(19-27(25)35)24-9-3-2-4-10-24/h2-5,7-10,13,15,18-21H,6,11-12,14,16-17,30H2,1H3,(H,31,33,34). The largest absolute Gasteiger partial charge is 0.351 e. The quantitative estimate of drug-likeness (QED) is 0.375. The zero-order valence-corrected chi connectivity index (χ0v) is 20.2. The van der Waals surface area contributed by atoms with Crippen LogP contribution in [0.25, 0.3) is 11.3 Å². The average molecular weight is 465 g/mol. The molecule has 2 aromatic carbocycles. The molecule has 3 N–H and O–H groups in total. The summed E-state index contributed by atoms with van der Waals surface area (Å²) in [6.45, 7) is 3.76. The van der Waals surface area contributed by atoms with Crippen LogP contribution in [0.1, 0.15) is 30.0 Å². The number of anilines is 3. The zero-order valence-electron chi connectivity index (χ0n) is 20.2. The van der Waals surface area contributed by atoms with Crippen molar-refractivity contribution < 1.29 is 0 Å². The molecule has 0 saturated heterocycles. The lowest BCUT2D eigenvalue weighted by Gasteiger charge is -2.30. The summed E-state index contributed by atoms with van der Waals surface area (Å²) in [6.07, 6.45) is 7.76. The Morgan fingerprint density at radius 2 is 1.86 bits per heavy atom. The maximum atomic E-state index is 5.72. The number of nitrogens with two attached hydrogens (primary N) is 1. The van der Waals surface area contributed by atoms with E-state index in [0.717, 1.165) is 49.3 Å². The molecule has 1 aliphatic rings. The van der Waals surface area contributed by atoms with Gasteiger partial charge in [-0.2, -0.15) is 4.98 Å². The monoisotopic (exact) mass is 464 g/mol. The van der Waals surface area contributed by atoms with Crippen LogP contribution in [0.15, 0.2) is 79.1 Å². The van der Waals surface area contributed by atoms with Gasteiger partial charge in [-0.1, -0.05) is 54.6 Å². The van der Waals surface area contributed by atoms with E-state index in [2.05, 4.69) is 64.6 Å². The molecule has 0 radical (unpaired) electrons. The van der Waals surface area contributed by atoms with Crippen LogP contribution in [0.5, 0.6) is 0 Å². The Labute approximate surface area is 207 Å². The van der Waals surface area contributed by atoms with Crippen molar-refractivity contribution in [2.45, 2.75) is 38.6 Å². The molecule has 0 amide bonds. The first-order valence-electron chi connectivity index (χ1n) is 12.4. The number of nitrogens with one attached hydrogen (secondary N) is 1. The van der Waals surface area contributed by atoms with Crippen LogP contribution < -0.4 is 16.0 Å². The highest BCUT2D eigenvalue weighted by molar-refractivity contribution is 5.72. The summed E-state index contributed by atoms with van der Waals surface area (Å²) in [5, 5.41) is 3.50. The molecule has 5 rings (SSSR count). The van der Waals surface area contributed by atoms with Crippen LogP contribution in [-0.4, -0.2) is 34.1 Å². The summed E-state index contributed by atoms with van der Waals surface area (Å²) in [6, 6.07) is 23.3. The third kappa shape index (κ3) is 5.49. The Hall–Kier alpha value is -3.77. The first-order chi connectivity index (χ1) is 17.2. The molecular weight excluding hydrogens is 432 g/mol. The summed E-state index contributed by atoms with van der Waals surface area (Å²) in [5.74, 6) is 1.56. The van der Waals surface area contributed by atoms with E-state index in [9.17, 15) is 0 Å². The first kappa shape index (κ1) is 23.0. The second-order valence-corrected chi connectivity index (χ2v) is 9.17. The van der Waals surface area contributed by atoms with Gasteiger partial charge in [-0.15, -0.1) is 0 Å². The molecule has 35 heavy (non-hydrogen) atoms. The van der Waals surface area contributed by atoms with Gasteiger partial charge in [0.25, 0.3) is 0 Å². The normalized spacial score (nSPS) is 13.8. The van der Waals surface area contributed by atoms with Crippen molar-refractivity contribution in [1.82, 2.24) is 15.0 Å². The van der Waals surface area contributed by atoms with E-state index in [1.165, 1.54) is 22.4 Å². The predicted octanol–water partition coefficient (Wildman–Crippen LogP) is 5.17. The average Bonchev–Trinajstić information content (AvgIpc) is 2.89. The number of hydrogen-bond acceptors (Lipinski definition) is 6. The highest BCUT2D eigenvalue weighted by Gasteiger charge is 2.21. The van der Waals surface area contributed by atoms with Crippen molar-refractivity contribution in [2.24, 2.45) is 5.73 Å². The molecule has 0 saturated carbocycles. The molecular formula is C29H32N6. The van der Waals surface area contributed by atoms with Crippen LogP contribution >= 0.6 is 0 Å².